The van der Waals surface area contributed by atoms with Gasteiger partial charge in [0.2, 0.25) is 0 Å². The van der Waals surface area contributed by atoms with Crippen molar-refractivity contribution in [3.63, 3.8) is 0 Å². The molecule has 0 N–H and O–H groups in total. The summed E-state index contributed by atoms with van der Waals surface area (Å²) < 4.78 is 2.31. The number of benzene rings is 9. The molecule has 0 fully saturated rings. The largest absolute Gasteiger partial charge is 0.309 e. The average molecular weight is 698 g/mol. The molecule has 3 nitrogen and oxygen atoms in total. The lowest BCUT2D eigenvalue weighted by molar-refractivity contribution is 1.18. The molecule has 0 spiro atoms. The normalized spacial score (nSPS) is 11.2. The molecule has 1 aromatic heterocycles. The first kappa shape index (κ1) is 32.0. The second kappa shape index (κ2) is 13.0. The molecule has 55 heavy (non-hydrogen) atoms. The van der Waals surface area contributed by atoms with Crippen molar-refractivity contribution in [1.29, 1.82) is 10.5 Å². The van der Waals surface area contributed by atoms with E-state index in [2.05, 4.69) is 174 Å². The van der Waals surface area contributed by atoms with Crippen LogP contribution in [0.25, 0.3) is 93.5 Å². The van der Waals surface area contributed by atoms with E-state index < -0.39 is 0 Å². The van der Waals surface area contributed by atoms with Gasteiger partial charge in [-0.1, -0.05) is 127 Å². The van der Waals surface area contributed by atoms with Gasteiger partial charge in [0.1, 0.15) is 0 Å². The van der Waals surface area contributed by atoms with E-state index in [1.54, 1.807) is 0 Å². The van der Waals surface area contributed by atoms with E-state index in [9.17, 15) is 10.5 Å². The molecule has 0 aliphatic heterocycles. The van der Waals surface area contributed by atoms with Crippen LogP contribution in [0.2, 0.25) is 0 Å². The van der Waals surface area contributed by atoms with Crippen molar-refractivity contribution in [3.05, 3.63) is 199 Å². The smallest absolute Gasteiger partial charge is 0.0992 e. The highest BCUT2D eigenvalue weighted by Crippen LogP contribution is 2.45. The minimum Gasteiger partial charge on any atom is -0.309 e. The number of hydrogen-bond donors (Lipinski definition) is 0. The maximum Gasteiger partial charge on any atom is 0.0992 e. The second-order valence-corrected chi connectivity index (χ2v) is 13.9. The molecule has 9 aromatic carbocycles. The molecule has 10 rings (SSSR count). The Hall–Kier alpha value is -7.72. The molecule has 0 atom stereocenters. The lowest BCUT2D eigenvalue weighted by Crippen LogP contribution is -1.94. The van der Waals surface area contributed by atoms with Crippen LogP contribution in [0.1, 0.15) is 11.1 Å². The Bertz CT molecular complexity index is 3100. The van der Waals surface area contributed by atoms with E-state index in [-0.39, 0.29) is 0 Å². The molecule has 0 aliphatic carbocycles. The molecular formula is C52H31N3. The first-order valence-corrected chi connectivity index (χ1v) is 18.4. The van der Waals surface area contributed by atoms with Gasteiger partial charge in [0.15, 0.2) is 0 Å². The summed E-state index contributed by atoms with van der Waals surface area (Å²) in [5.41, 5.74) is 12.6. The van der Waals surface area contributed by atoms with Gasteiger partial charge in [-0.05, 0) is 127 Å². The van der Waals surface area contributed by atoms with Crippen molar-refractivity contribution in [2.75, 3.05) is 0 Å². The van der Waals surface area contributed by atoms with Crippen LogP contribution >= 0.6 is 0 Å². The SMILES string of the molecule is N#Cc1cc(-c2ccc(-n3c4ccccc4c4ccccc43)cc2)cc(-c2cc(C#N)cc(-c3c4ccccc4c(-c4ccccc4)c4ccccc34)c2)c1. The standard InChI is InChI=1S/C52H31N3/c53-32-34-26-38(36-22-24-42(25-23-36)55-49-20-10-8-14-43(49)44-15-9-11-21-50(44)55)30-39(27-34)40-28-35(33-54)29-41(31-40)52-47-18-6-4-16-45(47)51(37-12-2-1-3-13-37)46-17-5-7-19-48(46)52/h1-31H. The molecule has 0 amide bonds. The summed E-state index contributed by atoms with van der Waals surface area (Å²) in [6, 6.07) is 70.1. The molecule has 0 saturated heterocycles. The zero-order valence-electron chi connectivity index (χ0n) is 29.7. The third-order valence-electron chi connectivity index (χ3n) is 10.8. The molecule has 254 valence electrons. The fraction of sp³-hybridized carbons (Fsp3) is 0. The topological polar surface area (TPSA) is 52.5 Å². The number of fused-ring (bicyclic) bond motifs is 5. The van der Waals surface area contributed by atoms with E-state index >= 15 is 0 Å². The first-order chi connectivity index (χ1) is 27.2. The highest BCUT2D eigenvalue weighted by atomic mass is 15.0. The zero-order chi connectivity index (χ0) is 36.9. The molecule has 0 bridgehead atoms. The van der Waals surface area contributed by atoms with E-state index in [0.29, 0.717) is 11.1 Å². The summed E-state index contributed by atoms with van der Waals surface area (Å²) in [5, 5.41) is 27.6. The van der Waals surface area contributed by atoms with Gasteiger partial charge in [-0.2, -0.15) is 10.5 Å². The van der Waals surface area contributed by atoms with Gasteiger partial charge >= 0.3 is 0 Å². The highest BCUT2D eigenvalue weighted by Gasteiger charge is 2.18. The van der Waals surface area contributed by atoms with E-state index in [1.165, 1.54) is 16.3 Å². The zero-order valence-corrected chi connectivity index (χ0v) is 29.7. The molecule has 0 saturated carbocycles. The van der Waals surface area contributed by atoms with Crippen molar-refractivity contribution >= 4 is 43.4 Å². The number of hydrogen-bond acceptors (Lipinski definition) is 2. The Balaban J connectivity index is 1.12. The molecule has 3 heteroatoms. The summed E-state index contributed by atoms with van der Waals surface area (Å²) in [6.45, 7) is 0. The van der Waals surface area contributed by atoms with Crippen molar-refractivity contribution in [2.45, 2.75) is 0 Å². The van der Waals surface area contributed by atoms with Crippen molar-refractivity contribution < 1.29 is 0 Å². The predicted octanol–water partition coefficient (Wildman–Crippen LogP) is 13.5. The Morgan fingerprint density at radius 1 is 0.309 bits per heavy atom. The van der Waals surface area contributed by atoms with Gasteiger partial charge in [-0.15, -0.1) is 0 Å². The van der Waals surface area contributed by atoms with Crippen LogP contribution in [-0.2, 0) is 0 Å². The Kier molecular flexibility index (Phi) is 7.58. The Labute approximate surface area is 318 Å². The Morgan fingerprint density at radius 3 is 1.18 bits per heavy atom. The van der Waals surface area contributed by atoms with Gasteiger partial charge in [-0.3, -0.25) is 0 Å². The van der Waals surface area contributed by atoms with Crippen molar-refractivity contribution in [2.24, 2.45) is 0 Å². The number of nitriles is 2. The number of para-hydroxylation sites is 2. The molecule has 10 aromatic rings. The van der Waals surface area contributed by atoms with Crippen molar-refractivity contribution in [1.82, 2.24) is 4.57 Å². The molecule has 0 aliphatic rings. The number of aromatic nitrogens is 1. The van der Waals surface area contributed by atoms with Gasteiger partial charge in [0.25, 0.3) is 0 Å². The monoisotopic (exact) mass is 697 g/mol. The summed E-state index contributed by atoms with van der Waals surface area (Å²) >= 11 is 0. The van der Waals surface area contributed by atoms with Gasteiger partial charge < -0.3 is 4.57 Å². The van der Waals surface area contributed by atoms with Gasteiger partial charge in [0, 0.05) is 16.5 Å². The second-order valence-electron chi connectivity index (χ2n) is 13.9. The summed E-state index contributed by atoms with van der Waals surface area (Å²) in [6.07, 6.45) is 0. The van der Waals surface area contributed by atoms with Crippen LogP contribution in [0.15, 0.2) is 188 Å². The summed E-state index contributed by atoms with van der Waals surface area (Å²) in [5.74, 6) is 0. The van der Waals surface area contributed by atoms with E-state index in [0.717, 1.165) is 77.2 Å². The maximum absolute atomic E-state index is 10.4. The van der Waals surface area contributed by atoms with E-state index in [1.807, 2.05) is 30.3 Å². The molecule has 1 heterocycles. The maximum atomic E-state index is 10.4. The van der Waals surface area contributed by atoms with Crippen LogP contribution < -0.4 is 0 Å². The third-order valence-corrected chi connectivity index (χ3v) is 10.8. The lowest BCUT2D eigenvalue weighted by atomic mass is 9.85. The third kappa shape index (κ3) is 5.35. The molecular weight excluding hydrogens is 667 g/mol. The molecule has 0 unspecified atom stereocenters. The van der Waals surface area contributed by atoms with Crippen LogP contribution in [-0.4, -0.2) is 4.57 Å². The summed E-state index contributed by atoms with van der Waals surface area (Å²) in [4.78, 5) is 0. The first-order valence-electron chi connectivity index (χ1n) is 18.4. The number of nitrogens with zero attached hydrogens (tertiary/aromatic N) is 3. The summed E-state index contributed by atoms with van der Waals surface area (Å²) in [7, 11) is 0. The van der Waals surface area contributed by atoms with Gasteiger partial charge in [-0.25, -0.2) is 0 Å². The quantitative estimate of drug-likeness (QED) is 0.168. The fourth-order valence-electron chi connectivity index (χ4n) is 8.39. The van der Waals surface area contributed by atoms with Crippen LogP contribution in [0.4, 0.5) is 0 Å². The Morgan fingerprint density at radius 2 is 0.691 bits per heavy atom. The average Bonchev–Trinajstić information content (AvgIpc) is 3.60. The minimum absolute atomic E-state index is 0.561. The predicted molar refractivity (Wildman–Crippen MR) is 227 cm³/mol. The van der Waals surface area contributed by atoms with Crippen LogP contribution in [0.5, 0.6) is 0 Å². The highest BCUT2D eigenvalue weighted by molar-refractivity contribution is 6.21. The van der Waals surface area contributed by atoms with Crippen LogP contribution in [0, 0.1) is 22.7 Å². The van der Waals surface area contributed by atoms with Crippen LogP contribution in [0.3, 0.4) is 0 Å². The molecule has 0 radical (unpaired) electrons. The van der Waals surface area contributed by atoms with E-state index in [4.69, 9.17) is 0 Å². The fourth-order valence-corrected chi connectivity index (χ4v) is 8.39. The minimum atomic E-state index is 0.561. The van der Waals surface area contributed by atoms with Gasteiger partial charge in [0.05, 0.1) is 34.3 Å². The lowest BCUT2D eigenvalue weighted by Gasteiger charge is -2.18. The number of rotatable bonds is 5. The van der Waals surface area contributed by atoms with Crippen molar-refractivity contribution in [3.8, 4) is 62.3 Å².